The number of hydrogen-bond acceptors (Lipinski definition) is 4. The van der Waals surface area contributed by atoms with Gasteiger partial charge in [0.2, 0.25) is 0 Å². The van der Waals surface area contributed by atoms with Gasteiger partial charge in [-0.1, -0.05) is 18.5 Å². The molecule has 0 radical (unpaired) electrons. The average molecular weight is 309 g/mol. The Balaban J connectivity index is 1.81. The maximum absolute atomic E-state index is 12.2. The Bertz CT molecular complexity index is 495. The summed E-state index contributed by atoms with van der Waals surface area (Å²) in [5.41, 5.74) is 1.94. The van der Waals surface area contributed by atoms with Crippen molar-refractivity contribution in [2.45, 2.75) is 52.1 Å². The minimum Gasteiger partial charge on any atom is -0.393 e. The van der Waals surface area contributed by atoms with Gasteiger partial charge >= 0.3 is 6.03 Å². The second kappa shape index (κ2) is 7.13. The summed E-state index contributed by atoms with van der Waals surface area (Å²) in [6.07, 6.45) is 2.62. The number of hydrogen-bond donors (Lipinski definition) is 2. The van der Waals surface area contributed by atoms with E-state index in [-0.39, 0.29) is 24.0 Å². The van der Waals surface area contributed by atoms with Crippen molar-refractivity contribution >= 4 is 6.03 Å². The number of nitrogens with zero attached hydrogens (tertiary/aromatic N) is 2. The van der Waals surface area contributed by atoms with Crippen LogP contribution in [-0.4, -0.2) is 47.4 Å². The van der Waals surface area contributed by atoms with E-state index >= 15 is 0 Å². The summed E-state index contributed by atoms with van der Waals surface area (Å²) in [6, 6.07) is -0.0993. The number of aliphatic hydroxyl groups excluding tert-OH is 1. The highest BCUT2D eigenvalue weighted by molar-refractivity contribution is 5.73. The third-order valence-corrected chi connectivity index (χ3v) is 4.61. The lowest BCUT2D eigenvalue weighted by molar-refractivity contribution is 0.114. The van der Waals surface area contributed by atoms with Gasteiger partial charge in [0.25, 0.3) is 0 Å². The monoisotopic (exact) mass is 309 g/mol. The van der Waals surface area contributed by atoms with E-state index in [0.29, 0.717) is 13.1 Å². The largest absolute Gasteiger partial charge is 0.393 e. The van der Waals surface area contributed by atoms with Crippen LogP contribution in [0.5, 0.6) is 0 Å². The van der Waals surface area contributed by atoms with E-state index in [0.717, 1.165) is 36.3 Å². The first-order chi connectivity index (χ1) is 10.4. The van der Waals surface area contributed by atoms with Crippen LogP contribution in [0.15, 0.2) is 4.52 Å². The van der Waals surface area contributed by atoms with Crippen LogP contribution in [0.25, 0.3) is 0 Å². The molecule has 1 aromatic heterocycles. The van der Waals surface area contributed by atoms with Gasteiger partial charge in [-0.15, -0.1) is 0 Å². The lowest BCUT2D eigenvalue weighted by Crippen LogP contribution is -2.42. The fourth-order valence-electron chi connectivity index (χ4n) is 3.34. The Hall–Kier alpha value is -1.56. The number of aryl methyl sites for hydroxylation is 2. The van der Waals surface area contributed by atoms with E-state index in [1.54, 1.807) is 11.9 Å². The van der Waals surface area contributed by atoms with Crippen molar-refractivity contribution in [3.63, 3.8) is 0 Å². The van der Waals surface area contributed by atoms with E-state index in [4.69, 9.17) is 4.52 Å². The molecule has 0 aromatic carbocycles. The molecule has 3 unspecified atom stereocenters. The second-order valence-corrected chi connectivity index (χ2v) is 6.46. The standard InChI is InChI=1S/C16H27N3O3/c1-10(15-11(2)18-22-12(15)3)8-17-16(21)19(4)9-13-6-5-7-14(13)20/h10,13-14,20H,5-9H2,1-4H3,(H,17,21). The van der Waals surface area contributed by atoms with Crippen LogP contribution in [0, 0.1) is 19.8 Å². The van der Waals surface area contributed by atoms with Gasteiger partial charge in [-0.3, -0.25) is 0 Å². The van der Waals surface area contributed by atoms with Gasteiger partial charge in [0.05, 0.1) is 11.8 Å². The van der Waals surface area contributed by atoms with Gasteiger partial charge in [-0.2, -0.15) is 0 Å². The van der Waals surface area contributed by atoms with Crippen molar-refractivity contribution in [1.82, 2.24) is 15.4 Å². The molecule has 6 nitrogen and oxygen atoms in total. The lowest BCUT2D eigenvalue weighted by Gasteiger charge is -2.24. The Labute approximate surface area is 131 Å². The SMILES string of the molecule is Cc1noc(C)c1C(C)CNC(=O)N(C)CC1CCCC1O. The fraction of sp³-hybridized carbons (Fsp3) is 0.750. The molecule has 2 N–H and O–H groups in total. The van der Waals surface area contributed by atoms with Gasteiger partial charge < -0.3 is 19.8 Å². The third-order valence-electron chi connectivity index (χ3n) is 4.61. The van der Waals surface area contributed by atoms with Crippen LogP contribution in [0.1, 0.15) is 49.1 Å². The zero-order valence-corrected chi connectivity index (χ0v) is 13.9. The van der Waals surface area contributed by atoms with Crippen LogP contribution in [0.3, 0.4) is 0 Å². The molecule has 0 aliphatic heterocycles. The number of nitrogens with one attached hydrogen (secondary N) is 1. The second-order valence-electron chi connectivity index (χ2n) is 6.46. The molecule has 1 heterocycles. The number of carbonyl (C=O) groups excluding carboxylic acids is 1. The first-order valence-electron chi connectivity index (χ1n) is 8.00. The topological polar surface area (TPSA) is 78.6 Å². The molecule has 1 aliphatic carbocycles. The molecular formula is C16H27N3O3. The molecular weight excluding hydrogens is 282 g/mol. The molecule has 0 spiro atoms. The summed E-state index contributed by atoms with van der Waals surface area (Å²) in [5.74, 6) is 1.16. The van der Waals surface area contributed by atoms with Crippen molar-refractivity contribution in [3.8, 4) is 0 Å². The highest BCUT2D eigenvalue weighted by atomic mass is 16.5. The summed E-state index contributed by atoms with van der Waals surface area (Å²) in [6.45, 7) is 7.00. The number of aromatic nitrogens is 1. The lowest BCUT2D eigenvalue weighted by atomic mass is 10.00. The van der Waals surface area contributed by atoms with Gasteiger partial charge in [0.15, 0.2) is 0 Å². The summed E-state index contributed by atoms with van der Waals surface area (Å²) in [5, 5.41) is 16.7. The highest BCUT2D eigenvalue weighted by Crippen LogP contribution is 2.26. The molecule has 124 valence electrons. The number of carbonyl (C=O) groups is 1. The highest BCUT2D eigenvalue weighted by Gasteiger charge is 2.27. The molecule has 1 aromatic rings. The van der Waals surface area contributed by atoms with Crippen molar-refractivity contribution < 1.29 is 14.4 Å². The zero-order valence-electron chi connectivity index (χ0n) is 13.9. The predicted molar refractivity (Wildman–Crippen MR) is 83.8 cm³/mol. The normalized spacial score (nSPS) is 22.6. The van der Waals surface area contributed by atoms with Crippen molar-refractivity contribution in [2.24, 2.45) is 5.92 Å². The molecule has 6 heteroatoms. The fourth-order valence-corrected chi connectivity index (χ4v) is 3.34. The predicted octanol–water partition coefficient (Wildman–Crippen LogP) is 2.20. The third kappa shape index (κ3) is 3.80. The van der Waals surface area contributed by atoms with Crippen molar-refractivity contribution in [1.29, 1.82) is 0 Å². The molecule has 0 saturated heterocycles. The minimum absolute atomic E-state index is 0.0993. The van der Waals surface area contributed by atoms with Gasteiger partial charge in [0, 0.05) is 37.5 Å². The molecule has 0 bridgehead atoms. The van der Waals surface area contributed by atoms with E-state index in [1.807, 2.05) is 20.8 Å². The van der Waals surface area contributed by atoms with E-state index in [1.165, 1.54) is 0 Å². The molecule has 22 heavy (non-hydrogen) atoms. The van der Waals surface area contributed by atoms with Crippen LogP contribution >= 0.6 is 0 Å². The van der Waals surface area contributed by atoms with Crippen molar-refractivity contribution in [2.75, 3.05) is 20.1 Å². The summed E-state index contributed by atoms with van der Waals surface area (Å²) < 4.78 is 5.17. The average Bonchev–Trinajstić information content (AvgIpc) is 3.02. The van der Waals surface area contributed by atoms with Gasteiger partial charge in [-0.25, -0.2) is 4.79 Å². The van der Waals surface area contributed by atoms with Gasteiger partial charge in [-0.05, 0) is 26.7 Å². The molecule has 3 atom stereocenters. The quantitative estimate of drug-likeness (QED) is 0.874. The maximum atomic E-state index is 12.2. The Morgan fingerprint density at radius 2 is 2.23 bits per heavy atom. The molecule has 2 amide bonds. The Morgan fingerprint density at radius 1 is 1.50 bits per heavy atom. The number of aliphatic hydroxyl groups is 1. The van der Waals surface area contributed by atoms with E-state index < -0.39 is 0 Å². The molecule has 1 fully saturated rings. The zero-order chi connectivity index (χ0) is 16.3. The van der Waals surface area contributed by atoms with Crippen LogP contribution < -0.4 is 5.32 Å². The summed E-state index contributed by atoms with van der Waals surface area (Å²) >= 11 is 0. The number of urea groups is 1. The summed E-state index contributed by atoms with van der Waals surface area (Å²) in [7, 11) is 1.78. The number of rotatable bonds is 5. The molecule has 1 aliphatic rings. The van der Waals surface area contributed by atoms with E-state index in [2.05, 4.69) is 10.5 Å². The van der Waals surface area contributed by atoms with Crippen LogP contribution in [-0.2, 0) is 0 Å². The number of amides is 2. The summed E-state index contributed by atoms with van der Waals surface area (Å²) in [4.78, 5) is 13.8. The van der Waals surface area contributed by atoms with Crippen molar-refractivity contribution in [3.05, 3.63) is 17.0 Å². The van der Waals surface area contributed by atoms with E-state index in [9.17, 15) is 9.90 Å². The maximum Gasteiger partial charge on any atom is 0.317 e. The minimum atomic E-state index is -0.267. The first-order valence-corrected chi connectivity index (χ1v) is 8.00. The Morgan fingerprint density at radius 3 is 2.77 bits per heavy atom. The molecule has 1 saturated carbocycles. The smallest absolute Gasteiger partial charge is 0.317 e. The molecule has 2 rings (SSSR count). The first kappa shape index (κ1) is 16.8. The van der Waals surface area contributed by atoms with Gasteiger partial charge in [0.1, 0.15) is 5.76 Å². The van der Waals surface area contributed by atoms with Crippen LogP contribution in [0.2, 0.25) is 0 Å². The Kier molecular flexibility index (Phi) is 5.45. The van der Waals surface area contributed by atoms with Crippen LogP contribution in [0.4, 0.5) is 4.79 Å².